The number of hydrogen-bond acceptors (Lipinski definition) is 4. The summed E-state index contributed by atoms with van der Waals surface area (Å²) >= 11 is 1.72. The average Bonchev–Trinajstić information content (AvgIpc) is 2.98. The fraction of sp³-hybridized carbons (Fsp3) is 0.375. The molecule has 0 saturated heterocycles. The van der Waals surface area contributed by atoms with E-state index in [9.17, 15) is 5.11 Å². The zero-order valence-corrected chi connectivity index (χ0v) is 12.9. The van der Waals surface area contributed by atoms with Crippen molar-refractivity contribution in [2.24, 2.45) is 0 Å². The molecule has 4 heteroatoms. The third-order valence-electron chi connectivity index (χ3n) is 3.33. The first-order chi connectivity index (χ1) is 9.61. The second-order valence-electron chi connectivity index (χ2n) is 4.91. The third kappa shape index (κ3) is 3.60. The monoisotopic (exact) mass is 291 g/mol. The maximum Gasteiger partial charge on any atom is 0.124 e. The first-order valence-corrected chi connectivity index (χ1v) is 7.59. The second kappa shape index (κ2) is 6.88. The molecule has 0 aliphatic heterocycles. The highest BCUT2D eigenvalue weighted by Gasteiger charge is 2.15. The molecule has 2 N–H and O–H groups in total. The van der Waals surface area contributed by atoms with E-state index in [1.54, 1.807) is 18.4 Å². The van der Waals surface area contributed by atoms with Crippen LogP contribution in [0.25, 0.3) is 0 Å². The zero-order chi connectivity index (χ0) is 14.5. The number of nitrogens with one attached hydrogen (secondary N) is 1. The molecular weight excluding hydrogens is 270 g/mol. The lowest BCUT2D eigenvalue weighted by molar-refractivity contribution is 0.167. The van der Waals surface area contributed by atoms with Crippen LogP contribution in [0.1, 0.15) is 35.1 Å². The quantitative estimate of drug-likeness (QED) is 0.856. The molecule has 0 aliphatic rings. The van der Waals surface area contributed by atoms with Crippen molar-refractivity contribution in [1.82, 2.24) is 5.32 Å². The van der Waals surface area contributed by atoms with Gasteiger partial charge in [0, 0.05) is 23.0 Å². The first-order valence-electron chi connectivity index (χ1n) is 6.71. The van der Waals surface area contributed by atoms with Crippen molar-refractivity contribution in [1.29, 1.82) is 0 Å². The molecule has 1 unspecified atom stereocenters. The van der Waals surface area contributed by atoms with Gasteiger partial charge in [0.25, 0.3) is 0 Å². The maximum atomic E-state index is 10.4. The van der Waals surface area contributed by atoms with E-state index < -0.39 is 6.10 Å². The van der Waals surface area contributed by atoms with Gasteiger partial charge in [0.05, 0.1) is 13.2 Å². The number of aliphatic hydroxyl groups is 1. The largest absolute Gasteiger partial charge is 0.496 e. The molecule has 0 amide bonds. The Kier molecular flexibility index (Phi) is 5.17. The fourth-order valence-electron chi connectivity index (χ4n) is 2.15. The number of rotatable bonds is 6. The van der Waals surface area contributed by atoms with Gasteiger partial charge in [0.2, 0.25) is 0 Å². The van der Waals surface area contributed by atoms with Gasteiger partial charge in [-0.15, -0.1) is 11.3 Å². The van der Waals surface area contributed by atoms with Crippen LogP contribution in [0.3, 0.4) is 0 Å². The van der Waals surface area contributed by atoms with Gasteiger partial charge in [-0.25, -0.2) is 0 Å². The third-order valence-corrected chi connectivity index (χ3v) is 4.39. The second-order valence-corrected chi connectivity index (χ2v) is 5.89. The lowest BCUT2D eigenvalue weighted by atomic mass is 10.0. The molecule has 0 spiro atoms. The predicted octanol–water partition coefficient (Wildman–Crippen LogP) is 3.45. The van der Waals surface area contributed by atoms with Gasteiger partial charge in [-0.3, -0.25) is 0 Å². The van der Waals surface area contributed by atoms with Crippen molar-refractivity contribution in [3.05, 3.63) is 51.7 Å². The minimum atomic E-state index is -0.577. The van der Waals surface area contributed by atoms with Crippen LogP contribution in [-0.4, -0.2) is 18.8 Å². The molecule has 20 heavy (non-hydrogen) atoms. The highest BCUT2D eigenvalue weighted by molar-refractivity contribution is 7.10. The molecule has 1 aromatic heterocycles. The van der Waals surface area contributed by atoms with E-state index >= 15 is 0 Å². The molecule has 2 rings (SSSR count). The van der Waals surface area contributed by atoms with Crippen LogP contribution in [0.4, 0.5) is 0 Å². The number of aliphatic hydroxyl groups excluding tert-OH is 1. The van der Waals surface area contributed by atoms with Crippen LogP contribution >= 0.6 is 11.3 Å². The number of methoxy groups -OCH3 is 1. The zero-order valence-electron chi connectivity index (χ0n) is 12.1. The van der Waals surface area contributed by atoms with Gasteiger partial charge in [-0.05, 0) is 37.4 Å². The van der Waals surface area contributed by atoms with Crippen LogP contribution in [-0.2, 0) is 0 Å². The number of ether oxygens (including phenoxy) is 1. The SMILES string of the molecule is COc1ccc(C)cc1C(O)CN[C@H](C)c1cccs1. The molecule has 0 saturated carbocycles. The summed E-state index contributed by atoms with van der Waals surface area (Å²) in [7, 11) is 1.63. The summed E-state index contributed by atoms with van der Waals surface area (Å²) in [6, 6.07) is 10.2. The number of benzene rings is 1. The van der Waals surface area contributed by atoms with Gasteiger partial charge >= 0.3 is 0 Å². The minimum absolute atomic E-state index is 0.237. The van der Waals surface area contributed by atoms with Crippen LogP contribution in [0, 0.1) is 6.92 Å². The van der Waals surface area contributed by atoms with Crippen molar-refractivity contribution >= 4 is 11.3 Å². The standard InChI is InChI=1S/C16H21NO2S/c1-11-6-7-15(19-3)13(9-11)14(18)10-17-12(2)16-5-4-8-20-16/h4-9,12,14,17-18H,10H2,1-3H3/t12-,14?/m1/s1. The molecule has 3 nitrogen and oxygen atoms in total. The fourth-order valence-corrected chi connectivity index (χ4v) is 2.91. The summed E-state index contributed by atoms with van der Waals surface area (Å²) in [5.74, 6) is 0.730. The van der Waals surface area contributed by atoms with Crippen molar-refractivity contribution in [3.63, 3.8) is 0 Å². The summed E-state index contributed by atoms with van der Waals surface area (Å²) in [5, 5.41) is 15.8. The predicted molar refractivity (Wildman–Crippen MR) is 83.4 cm³/mol. The Morgan fingerprint density at radius 1 is 1.35 bits per heavy atom. The van der Waals surface area contributed by atoms with Crippen molar-refractivity contribution in [3.8, 4) is 5.75 Å². The van der Waals surface area contributed by atoms with Crippen molar-refractivity contribution in [2.45, 2.75) is 26.0 Å². The Bertz CT molecular complexity index is 539. The van der Waals surface area contributed by atoms with E-state index in [0.717, 1.165) is 16.9 Å². The first kappa shape index (κ1) is 15.0. The Morgan fingerprint density at radius 2 is 2.15 bits per heavy atom. The number of hydrogen-bond donors (Lipinski definition) is 2. The minimum Gasteiger partial charge on any atom is -0.496 e. The normalized spacial score (nSPS) is 14.0. The number of aryl methyl sites for hydroxylation is 1. The molecule has 108 valence electrons. The van der Waals surface area contributed by atoms with Crippen molar-refractivity contribution in [2.75, 3.05) is 13.7 Å². The van der Waals surface area contributed by atoms with E-state index in [1.807, 2.05) is 31.2 Å². The Morgan fingerprint density at radius 3 is 2.80 bits per heavy atom. The van der Waals surface area contributed by atoms with Gasteiger partial charge in [0.15, 0.2) is 0 Å². The highest BCUT2D eigenvalue weighted by Crippen LogP contribution is 2.26. The number of thiophene rings is 1. The van der Waals surface area contributed by atoms with E-state index in [-0.39, 0.29) is 6.04 Å². The van der Waals surface area contributed by atoms with Crippen LogP contribution in [0.15, 0.2) is 35.7 Å². The van der Waals surface area contributed by atoms with E-state index in [2.05, 4.69) is 23.7 Å². The van der Waals surface area contributed by atoms with Crippen LogP contribution in [0.5, 0.6) is 5.75 Å². The summed E-state index contributed by atoms with van der Waals surface area (Å²) in [5.41, 5.74) is 1.95. The van der Waals surface area contributed by atoms with Crippen LogP contribution in [0.2, 0.25) is 0 Å². The smallest absolute Gasteiger partial charge is 0.124 e. The van der Waals surface area contributed by atoms with Gasteiger partial charge in [0.1, 0.15) is 5.75 Å². The molecule has 0 radical (unpaired) electrons. The molecule has 0 fully saturated rings. The Labute approximate surface area is 124 Å². The molecule has 1 aromatic carbocycles. The molecule has 1 heterocycles. The lowest BCUT2D eigenvalue weighted by Gasteiger charge is -2.19. The molecule has 0 bridgehead atoms. The molecular formula is C16H21NO2S. The highest BCUT2D eigenvalue weighted by atomic mass is 32.1. The molecule has 0 aliphatic carbocycles. The Balaban J connectivity index is 2.01. The summed E-state index contributed by atoms with van der Waals surface area (Å²) in [6.07, 6.45) is -0.577. The van der Waals surface area contributed by atoms with E-state index in [4.69, 9.17) is 4.74 Å². The van der Waals surface area contributed by atoms with Crippen LogP contribution < -0.4 is 10.1 Å². The molecule has 2 aromatic rings. The average molecular weight is 291 g/mol. The Hall–Kier alpha value is -1.36. The van der Waals surface area contributed by atoms with Gasteiger partial charge in [-0.2, -0.15) is 0 Å². The molecule has 2 atom stereocenters. The summed E-state index contributed by atoms with van der Waals surface area (Å²) < 4.78 is 5.31. The van der Waals surface area contributed by atoms with Gasteiger partial charge < -0.3 is 15.2 Å². The summed E-state index contributed by atoms with van der Waals surface area (Å²) in [4.78, 5) is 1.27. The van der Waals surface area contributed by atoms with Crippen molar-refractivity contribution < 1.29 is 9.84 Å². The topological polar surface area (TPSA) is 41.5 Å². The summed E-state index contributed by atoms with van der Waals surface area (Å²) in [6.45, 7) is 4.61. The lowest BCUT2D eigenvalue weighted by Crippen LogP contribution is -2.24. The van der Waals surface area contributed by atoms with Gasteiger partial charge in [-0.1, -0.05) is 17.7 Å². The van der Waals surface area contributed by atoms with E-state index in [0.29, 0.717) is 6.54 Å². The van der Waals surface area contributed by atoms with E-state index in [1.165, 1.54) is 4.88 Å². The maximum absolute atomic E-state index is 10.4.